The second-order valence-corrected chi connectivity index (χ2v) is 11.5. The minimum Gasteiger partial charge on any atom is -0.317 e. The van der Waals surface area contributed by atoms with Gasteiger partial charge in [-0.2, -0.15) is 0 Å². The number of rotatable bonds is 7. The highest BCUT2D eigenvalue weighted by atomic mass is 15.1. The van der Waals surface area contributed by atoms with Crippen LogP contribution in [0.5, 0.6) is 0 Å². The first kappa shape index (κ1) is 26.8. The fourth-order valence-corrected chi connectivity index (χ4v) is 6.28. The van der Waals surface area contributed by atoms with E-state index in [1.54, 1.807) is 0 Å². The van der Waals surface area contributed by atoms with Crippen LogP contribution >= 0.6 is 0 Å². The monoisotopic (exact) mass is 556 g/mol. The van der Waals surface area contributed by atoms with E-state index in [0.717, 1.165) is 30.6 Å². The van der Waals surface area contributed by atoms with E-state index in [2.05, 4.69) is 169 Å². The van der Waals surface area contributed by atoms with Crippen molar-refractivity contribution in [1.82, 2.24) is 4.57 Å². The molecule has 0 amide bonds. The summed E-state index contributed by atoms with van der Waals surface area (Å²) in [5.74, 6) is 0.337. The van der Waals surface area contributed by atoms with Gasteiger partial charge in [-0.3, -0.25) is 0 Å². The molecule has 5 aromatic rings. The molecule has 0 spiro atoms. The topological polar surface area (TPSA) is 8.17 Å². The van der Waals surface area contributed by atoms with Gasteiger partial charge in [-0.1, -0.05) is 90.5 Å². The minimum absolute atomic E-state index is 0.337. The van der Waals surface area contributed by atoms with Gasteiger partial charge in [0.2, 0.25) is 0 Å². The van der Waals surface area contributed by atoms with Crippen molar-refractivity contribution < 1.29 is 0 Å². The zero-order valence-electron chi connectivity index (χ0n) is 24.7. The first-order valence-electron chi connectivity index (χ1n) is 15.2. The molecule has 1 unspecified atom stereocenters. The summed E-state index contributed by atoms with van der Waals surface area (Å²) in [6, 6.07) is 37.5. The van der Waals surface area contributed by atoms with Crippen LogP contribution < -0.4 is 4.90 Å². The lowest BCUT2D eigenvalue weighted by molar-refractivity contribution is 0.722. The largest absolute Gasteiger partial charge is 0.317 e. The van der Waals surface area contributed by atoms with E-state index in [1.165, 1.54) is 50.1 Å². The predicted octanol–water partition coefficient (Wildman–Crippen LogP) is 11.3. The number of hydrogen-bond acceptors (Lipinski definition) is 1. The van der Waals surface area contributed by atoms with Crippen molar-refractivity contribution in [3.8, 4) is 22.3 Å². The van der Waals surface area contributed by atoms with Gasteiger partial charge in [0.1, 0.15) is 0 Å². The summed E-state index contributed by atoms with van der Waals surface area (Å²) in [6.07, 6.45) is 18.7. The molecule has 1 atom stereocenters. The molecule has 210 valence electrons. The number of anilines is 2. The first-order chi connectivity index (χ1) is 21.2. The number of aromatic nitrogens is 1. The lowest BCUT2D eigenvalue weighted by Crippen LogP contribution is -2.20. The first-order valence-corrected chi connectivity index (χ1v) is 15.2. The number of fused-ring (bicyclic) bond motifs is 1. The van der Waals surface area contributed by atoms with Crippen LogP contribution in [0.4, 0.5) is 11.4 Å². The standard InChI is InChI=1S/C41H36N2/c1-3-31-29-40(20-14-30(31)2)43(38-21-15-33(16-22-38)32-10-6-4-7-11-32)39-23-17-34(18-24-39)35-19-25-41-36(28-35)26-27-42(41)37-12-8-5-9-13-37/h3-4,6-8,10-28,31H,1,5,9,29H2,2H3. The van der Waals surface area contributed by atoms with Crippen molar-refractivity contribution in [3.05, 3.63) is 164 Å². The Morgan fingerprint density at radius 2 is 1.42 bits per heavy atom. The van der Waals surface area contributed by atoms with Gasteiger partial charge in [0.15, 0.2) is 0 Å². The maximum absolute atomic E-state index is 4.12. The number of allylic oxidation sites excluding steroid dienone is 9. The van der Waals surface area contributed by atoms with Crippen LogP contribution in [0.1, 0.15) is 26.2 Å². The lowest BCUT2D eigenvalue weighted by Gasteiger charge is -2.32. The molecule has 2 nitrogen and oxygen atoms in total. The summed E-state index contributed by atoms with van der Waals surface area (Å²) in [4.78, 5) is 2.40. The quantitative estimate of drug-likeness (QED) is 0.181. The lowest BCUT2D eigenvalue weighted by atomic mass is 9.90. The van der Waals surface area contributed by atoms with Gasteiger partial charge in [-0.05, 0) is 103 Å². The summed E-state index contributed by atoms with van der Waals surface area (Å²) in [5.41, 5.74) is 12.3. The molecular weight excluding hydrogens is 520 g/mol. The number of benzene rings is 4. The zero-order chi connectivity index (χ0) is 29.2. The van der Waals surface area contributed by atoms with Crippen LogP contribution in [-0.4, -0.2) is 4.57 Å². The molecule has 2 aliphatic rings. The minimum atomic E-state index is 0.337. The third-order valence-corrected chi connectivity index (χ3v) is 8.76. The second kappa shape index (κ2) is 11.7. The number of nitrogens with zero attached hydrogens (tertiary/aromatic N) is 2. The highest BCUT2D eigenvalue weighted by Crippen LogP contribution is 2.38. The Kier molecular flexibility index (Phi) is 7.27. The van der Waals surface area contributed by atoms with Crippen LogP contribution in [0, 0.1) is 5.92 Å². The molecule has 1 heterocycles. The molecule has 2 aliphatic carbocycles. The summed E-state index contributed by atoms with van der Waals surface area (Å²) in [5, 5.41) is 1.26. The Balaban J connectivity index is 1.22. The molecule has 1 aromatic heterocycles. The normalized spacial score (nSPS) is 16.4. The Bertz CT molecular complexity index is 1890. The SMILES string of the molecule is C=CC1CC(N(c2ccc(-c3ccccc3)cc2)c2ccc(-c3ccc4c(ccn4C4=CCCC=C4)c3)cc2)=CC=C1C. The molecule has 43 heavy (non-hydrogen) atoms. The molecule has 2 heteroatoms. The molecule has 0 saturated carbocycles. The third kappa shape index (κ3) is 5.33. The predicted molar refractivity (Wildman–Crippen MR) is 184 cm³/mol. The molecule has 0 fully saturated rings. The van der Waals surface area contributed by atoms with Gasteiger partial charge in [0.25, 0.3) is 0 Å². The molecular formula is C41H36N2. The smallest absolute Gasteiger partial charge is 0.0528 e. The highest BCUT2D eigenvalue weighted by molar-refractivity contribution is 5.89. The van der Waals surface area contributed by atoms with E-state index in [-0.39, 0.29) is 0 Å². The van der Waals surface area contributed by atoms with Crippen LogP contribution in [-0.2, 0) is 0 Å². The number of hydrogen-bond donors (Lipinski definition) is 0. The fraction of sp³-hybridized carbons (Fsp3) is 0.122. The van der Waals surface area contributed by atoms with E-state index in [0.29, 0.717) is 5.92 Å². The van der Waals surface area contributed by atoms with Crippen LogP contribution in [0.25, 0.3) is 38.9 Å². The van der Waals surface area contributed by atoms with Gasteiger partial charge in [-0.15, -0.1) is 6.58 Å². The van der Waals surface area contributed by atoms with Crippen LogP contribution in [0.3, 0.4) is 0 Å². The molecule has 0 bridgehead atoms. The summed E-state index contributed by atoms with van der Waals surface area (Å²) in [7, 11) is 0. The third-order valence-electron chi connectivity index (χ3n) is 8.76. The van der Waals surface area contributed by atoms with E-state index in [9.17, 15) is 0 Å². The average molecular weight is 557 g/mol. The van der Waals surface area contributed by atoms with Gasteiger partial charge in [0, 0.05) is 40.3 Å². The van der Waals surface area contributed by atoms with Crippen molar-refractivity contribution in [2.45, 2.75) is 26.2 Å². The summed E-state index contributed by atoms with van der Waals surface area (Å²) >= 11 is 0. The molecule has 0 radical (unpaired) electrons. The van der Waals surface area contributed by atoms with Gasteiger partial charge < -0.3 is 9.47 Å². The zero-order valence-corrected chi connectivity index (χ0v) is 24.7. The Morgan fingerprint density at radius 1 is 0.744 bits per heavy atom. The summed E-state index contributed by atoms with van der Waals surface area (Å²) in [6.45, 7) is 6.32. The summed E-state index contributed by atoms with van der Waals surface area (Å²) < 4.78 is 2.30. The Hall–Kier alpha value is -5.08. The van der Waals surface area contributed by atoms with E-state index in [1.807, 2.05) is 0 Å². The van der Waals surface area contributed by atoms with Crippen molar-refractivity contribution in [2.24, 2.45) is 5.92 Å². The van der Waals surface area contributed by atoms with Crippen molar-refractivity contribution in [1.29, 1.82) is 0 Å². The van der Waals surface area contributed by atoms with Crippen LogP contribution in [0.2, 0.25) is 0 Å². The fourth-order valence-electron chi connectivity index (χ4n) is 6.28. The maximum atomic E-state index is 4.12. The van der Waals surface area contributed by atoms with Crippen molar-refractivity contribution >= 4 is 28.0 Å². The van der Waals surface area contributed by atoms with Crippen LogP contribution in [0.15, 0.2) is 164 Å². The average Bonchev–Trinajstić information content (AvgIpc) is 3.50. The van der Waals surface area contributed by atoms with E-state index >= 15 is 0 Å². The second-order valence-electron chi connectivity index (χ2n) is 11.5. The van der Waals surface area contributed by atoms with Crippen molar-refractivity contribution in [2.75, 3.05) is 4.90 Å². The molecule has 4 aromatic carbocycles. The van der Waals surface area contributed by atoms with Gasteiger partial charge >= 0.3 is 0 Å². The van der Waals surface area contributed by atoms with Gasteiger partial charge in [-0.25, -0.2) is 0 Å². The Labute approximate surface area is 254 Å². The highest BCUT2D eigenvalue weighted by Gasteiger charge is 2.21. The molecule has 0 aliphatic heterocycles. The maximum Gasteiger partial charge on any atom is 0.0528 e. The van der Waals surface area contributed by atoms with E-state index in [4.69, 9.17) is 0 Å². The molecule has 0 saturated heterocycles. The molecule has 0 N–H and O–H groups in total. The van der Waals surface area contributed by atoms with Crippen molar-refractivity contribution in [3.63, 3.8) is 0 Å². The van der Waals surface area contributed by atoms with Gasteiger partial charge in [0.05, 0.1) is 5.52 Å². The molecule has 7 rings (SSSR count). The Morgan fingerprint density at radius 3 is 2.09 bits per heavy atom. The van der Waals surface area contributed by atoms with E-state index < -0.39 is 0 Å².